The van der Waals surface area contributed by atoms with Crippen LogP contribution in [0.15, 0.2) is 48.5 Å². The molecular weight excluding hydrogens is 262 g/mol. The van der Waals surface area contributed by atoms with Crippen LogP contribution >= 0.6 is 0 Å². The Labute approximate surface area is 125 Å². The van der Waals surface area contributed by atoms with Crippen molar-refractivity contribution in [1.82, 2.24) is 0 Å². The fourth-order valence-electron chi connectivity index (χ4n) is 3.11. The molecule has 21 heavy (non-hydrogen) atoms. The largest absolute Gasteiger partial charge is 0.496 e. The Kier molecular flexibility index (Phi) is 3.60. The highest BCUT2D eigenvalue weighted by Gasteiger charge is 2.37. The van der Waals surface area contributed by atoms with Crippen LogP contribution in [0.3, 0.4) is 0 Å². The van der Waals surface area contributed by atoms with Crippen molar-refractivity contribution in [2.45, 2.75) is 31.4 Å². The second-order valence-corrected chi connectivity index (χ2v) is 5.74. The lowest BCUT2D eigenvalue weighted by atomic mass is 9.82. The number of rotatable bonds is 3. The van der Waals surface area contributed by atoms with Crippen molar-refractivity contribution in [3.8, 4) is 5.75 Å². The van der Waals surface area contributed by atoms with Gasteiger partial charge in [-0.3, -0.25) is 0 Å². The third kappa shape index (κ3) is 2.49. The first kappa shape index (κ1) is 14.0. The molecule has 2 aromatic rings. The number of hydrogen-bond donors (Lipinski definition) is 2. The zero-order valence-corrected chi connectivity index (χ0v) is 12.5. The van der Waals surface area contributed by atoms with Gasteiger partial charge in [0.15, 0.2) is 0 Å². The van der Waals surface area contributed by atoms with Gasteiger partial charge < -0.3 is 15.2 Å². The van der Waals surface area contributed by atoms with Crippen LogP contribution in [0.1, 0.15) is 24.5 Å². The second kappa shape index (κ2) is 5.41. The Balaban J connectivity index is 1.93. The zero-order chi connectivity index (χ0) is 14.9. The molecule has 2 unspecified atom stereocenters. The lowest BCUT2D eigenvalue weighted by molar-refractivity contribution is 0.0299. The minimum Gasteiger partial charge on any atom is -0.496 e. The monoisotopic (exact) mass is 283 g/mol. The third-order valence-electron chi connectivity index (χ3n) is 4.38. The molecule has 0 saturated heterocycles. The van der Waals surface area contributed by atoms with E-state index in [1.54, 1.807) is 7.11 Å². The van der Waals surface area contributed by atoms with Gasteiger partial charge in [0.2, 0.25) is 0 Å². The van der Waals surface area contributed by atoms with Gasteiger partial charge in [0.1, 0.15) is 11.4 Å². The molecule has 0 fully saturated rings. The van der Waals surface area contributed by atoms with Gasteiger partial charge in [0, 0.05) is 11.3 Å². The third-order valence-corrected chi connectivity index (χ3v) is 4.38. The van der Waals surface area contributed by atoms with Crippen LogP contribution in [0, 0.1) is 0 Å². The van der Waals surface area contributed by atoms with Crippen molar-refractivity contribution >= 4 is 5.69 Å². The number of fused-ring (bicyclic) bond motifs is 1. The molecule has 110 valence electrons. The molecule has 1 aliphatic heterocycles. The SMILES string of the molecule is COc1ccccc1C(C)(O)C1CCc2ccccc2N1. The smallest absolute Gasteiger partial charge is 0.125 e. The van der Waals surface area contributed by atoms with Crippen molar-refractivity contribution < 1.29 is 9.84 Å². The van der Waals surface area contributed by atoms with Gasteiger partial charge in [-0.2, -0.15) is 0 Å². The molecule has 3 rings (SSSR count). The number of hydrogen-bond acceptors (Lipinski definition) is 3. The van der Waals surface area contributed by atoms with Crippen LogP contribution in [-0.2, 0) is 12.0 Å². The van der Waals surface area contributed by atoms with E-state index in [0.717, 1.165) is 29.8 Å². The molecule has 3 nitrogen and oxygen atoms in total. The molecule has 1 heterocycles. The summed E-state index contributed by atoms with van der Waals surface area (Å²) >= 11 is 0. The predicted octanol–water partition coefficient (Wildman–Crippen LogP) is 3.33. The van der Waals surface area contributed by atoms with E-state index in [4.69, 9.17) is 4.74 Å². The Hall–Kier alpha value is -2.00. The first-order valence-electron chi connectivity index (χ1n) is 7.33. The van der Waals surface area contributed by atoms with Gasteiger partial charge in [-0.15, -0.1) is 0 Å². The average Bonchev–Trinajstić information content (AvgIpc) is 2.54. The number of ether oxygens (including phenoxy) is 1. The van der Waals surface area contributed by atoms with Gasteiger partial charge in [0.25, 0.3) is 0 Å². The van der Waals surface area contributed by atoms with Crippen LogP contribution in [0.4, 0.5) is 5.69 Å². The number of aliphatic hydroxyl groups is 1. The van der Waals surface area contributed by atoms with E-state index in [2.05, 4.69) is 23.5 Å². The molecule has 3 heteroatoms. The standard InChI is InChI=1S/C18H21NO2/c1-18(20,14-8-4-6-10-16(14)21-2)17-12-11-13-7-3-5-9-15(13)19-17/h3-10,17,19-20H,11-12H2,1-2H3. The maximum atomic E-state index is 11.1. The van der Waals surface area contributed by atoms with Gasteiger partial charge in [-0.05, 0) is 37.5 Å². The molecule has 0 bridgehead atoms. The number of benzene rings is 2. The minimum atomic E-state index is -0.986. The van der Waals surface area contributed by atoms with Gasteiger partial charge >= 0.3 is 0 Å². The van der Waals surface area contributed by atoms with E-state index in [1.807, 2.05) is 37.3 Å². The highest BCUT2D eigenvalue weighted by atomic mass is 16.5. The Morgan fingerprint density at radius 2 is 1.86 bits per heavy atom. The number of aryl methyl sites for hydroxylation is 1. The van der Waals surface area contributed by atoms with Crippen LogP contribution in [-0.4, -0.2) is 18.3 Å². The van der Waals surface area contributed by atoms with E-state index in [0.29, 0.717) is 0 Å². The van der Waals surface area contributed by atoms with Crippen LogP contribution < -0.4 is 10.1 Å². The topological polar surface area (TPSA) is 41.5 Å². The maximum Gasteiger partial charge on any atom is 0.125 e. The molecule has 2 N–H and O–H groups in total. The molecule has 2 aromatic carbocycles. The summed E-state index contributed by atoms with van der Waals surface area (Å²) in [6, 6.07) is 15.9. The lowest BCUT2D eigenvalue weighted by Gasteiger charge is -2.38. The van der Waals surface area contributed by atoms with Gasteiger partial charge in [-0.25, -0.2) is 0 Å². The fraction of sp³-hybridized carbons (Fsp3) is 0.333. The van der Waals surface area contributed by atoms with Crippen molar-refractivity contribution in [2.75, 3.05) is 12.4 Å². The number of para-hydroxylation sites is 2. The minimum absolute atomic E-state index is 0.0382. The Morgan fingerprint density at radius 3 is 2.67 bits per heavy atom. The van der Waals surface area contributed by atoms with E-state index in [9.17, 15) is 5.11 Å². The summed E-state index contributed by atoms with van der Waals surface area (Å²) in [6.07, 6.45) is 1.86. The zero-order valence-electron chi connectivity index (χ0n) is 12.5. The van der Waals surface area contributed by atoms with E-state index in [-0.39, 0.29) is 6.04 Å². The molecule has 0 aliphatic carbocycles. The normalized spacial score (nSPS) is 20.0. The van der Waals surface area contributed by atoms with E-state index >= 15 is 0 Å². The van der Waals surface area contributed by atoms with Crippen molar-refractivity contribution in [1.29, 1.82) is 0 Å². The summed E-state index contributed by atoms with van der Waals surface area (Å²) in [6.45, 7) is 1.86. The van der Waals surface area contributed by atoms with Crippen LogP contribution in [0.5, 0.6) is 5.75 Å². The number of methoxy groups -OCH3 is 1. The Bertz CT molecular complexity index is 637. The van der Waals surface area contributed by atoms with Crippen LogP contribution in [0.2, 0.25) is 0 Å². The summed E-state index contributed by atoms with van der Waals surface area (Å²) < 4.78 is 5.40. The molecular formula is C18H21NO2. The molecule has 0 saturated carbocycles. The highest BCUT2D eigenvalue weighted by molar-refractivity contribution is 5.55. The average molecular weight is 283 g/mol. The van der Waals surface area contributed by atoms with Crippen molar-refractivity contribution in [2.24, 2.45) is 0 Å². The van der Waals surface area contributed by atoms with E-state index < -0.39 is 5.60 Å². The predicted molar refractivity (Wildman–Crippen MR) is 84.7 cm³/mol. The van der Waals surface area contributed by atoms with Crippen molar-refractivity contribution in [3.05, 3.63) is 59.7 Å². The van der Waals surface area contributed by atoms with Gasteiger partial charge in [-0.1, -0.05) is 36.4 Å². The molecule has 0 aromatic heterocycles. The van der Waals surface area contributed by atoms with Gasteiger partial charge in [0.05, 0.1) is 13.2 Å². The summed E-state index contributed by atoms with van der Waals surface area (Å²) in [4.78, 5) is 0. The fourth-order valence-corrected chi connectivity index (χ4v) is 3.11. The number of nitrogens with one attached hydrogen (secondary N) is 1. The summed E-state index contributed by atoms with van der Waals surface area (Å²) in [7, 11) is 1.64. The van der Waals surface area contributed by atoms with E-state index in [1.165, 1.54) is 5.56 Å². The Morgan fingerprint density at radius 1 is 1.14 bits per heavy atom. The summed E-state index contributed by atoms with van der Waals surface area (Å²) in [5, 5.41) is 14.6. The maximum absolute atomic E-state index is 11.1. The highest BCUT2D eigenvalue weighted by Crippen LogP contribution is 2.38. The molecule has 0 amide bonds. The summed E-state index contributed by atoms with van der Waals surface area (Å²) in [5.74, 6) is 0.725. The lowest BCUT2D eigenvalue weighted by Crippen LogP contribution is -2.44. The first-order valence-corrected chi connectivity index (χ1v) is 7.33. The van der Waals surface area contributed by atoms with Crippen molar-refractivity contribution in [3.63, 3.8) is 0 Å². The molecule has 1 aliphatic rings. The quantitative estimate of drug-likeness (QED) is 0.908. The first-order chi connectivity index (χ1) is 10.1. The number of anilines is 1. The molecule has 0 radical (unpaired) electrons. The molecule has 0 spiro atoms. The van der Waals surface area contributed by atoms with Crippen LogP contribution in [0.25, 0.3) is 0 Å². The molecule has 2 atom stereocenters. The summed E-state index contributed by atoms with van der Waals surface area (Å²) in [5.41, 5.74) is 2.26. The second-order valence-electron chi connectivity index (χ2n) is 5.74.